The number of carboxylic acids is 1. The van der Waals surface area contributed by atoms with Crippen molar-refractivity contribution >= 4 is 19.8 Å². The van der Waals surface area contributed by atoms with Crippen molar-refractivity contribution < 1.29 is 42.7 Å². The molecule has 0 fully saturated rings. The lowest BCUT2D eigenvalue weighted by molar-refractivity contribution is -0.153. The number of unbranched alkanes of at least 4 members (excludes halogenated alkanes) is 24. The van der Waals surface area contributed by atoms with Gasteiger partial charge in [0.05, 0.1) is 19.5 Å². The van der Waals surface area contributed by atoms with Crippen molar-refractivity contribution in [3.05, 3.63) is 36.6 Å². The first kappa shape index (κ1) is 53.0. The van der Waals surface area contributed by atoms with Crippen LogP contribution in [-0.2, 0) is 32.7 Å². The van der Waals surface area contributed by atoms with Gasteiger partial charge in [-0.05, 0) is 57.4 Å². The fraction of sp³-hybridized carbons (Fsp3) is 0.818. The van der Waals surface area contributed by atoms with Crippen LogP contribution in [0.25, 0.3) is 0 Å². The molecule has 0 rings (SSSR count). The SMILES string of the molecule is CCCCC/C=C\C/C=C\CCCCCCCCCC(=O)O[C@H](CO/C=C\CCCCCCCCCCCCCCCC)COP(=O)(O)OC[C@H](N)C(=O)O. The van der Waals surface area contributed by atoms with Crippen LogP contribution in [-0.4, -0.2) is 53.9 Å². The standard InChI is InChI=1S/C44H82NO9P/c1-3-5-7-9-11-13-15-17-19-21-22-24-26-28-30-32-34-36-43(46)54-41(39-52-55(49,50)53-40-42(45)44(47)48)38-51-37-35-33-31-29-27-25-23-20-18-16-14-12-10-8-6-4-2/h11,13,17,19,35,37,41-42H,3-10,12,14-16,18,20-34,36,38-40,45H2,1-2H3,(H,47,48)(H,49,50)/b13-11-,19-17-,37-35-/t41-,42+/m1/s1. The summed E-state index contributed by atoms with van der Waals surface area (Å²) in [6.45, 7) is 3.25. The molecule has 0 spiro atoms. The lowest BCUT2D eigenvalue weighted by atomic mass is 10.0. The molecule has 0 aromatic rings. The molecule has 0 aliphatic rings. The molecular formula is C44H82NO9P. The first-order valence-corrected chi connectivity index (χ1v) is 23.6. The fourth-order valence-corrected chi connectivity index (χ4v) is 6.79. The minimum atomic E-state index is -4.63. The minimum absolute atomic E-state index is 0.0689. The predicted molar refractivity (Wildman–Crippen MR) is 226 cm³/mol. The zero-order valence-electron chi connectivity index (χ0n) is 35.0. The number of ether oxygens (including phenoxy) is 2. The van der Waals surface area contributed by atoms with Crippen LogP contribution in [0.5, 0.6) is 0 Å². The van der Waals surface area contributed by atoms with Crippen molar-refractivity contribution in [2.75, 3.05) is 19.8 Å². The summed E-state index contributed by atoms with van der Waals surface area (Å²) in [6, 6.07) is -1.48. The summed E-state index contributed by atoms with van der Waals surface area (Å²) in [7, 11) is -4.63. The molecule has 10 nitrogen and oxygen atoms in total. The summed E-state index contributed by atoms with van der Waals surface area (Å²) < 4.78 is 33.1. The number of hydrogen-bond acceptors (Lipinski definition) is 8. The fourth-order valence-electron chi connectivity index (χ4n) is 6.01. The number of carbonyl (C=O) groups is 2. The Morgan fingerprint density at radius 3 is 1.51 bits per heavy atom. The smallest absolute Gasteiger partial charge is 0.472 e. The second-order valence-corrected chi connectivity index (χ2v) is 16.3. The normalized spacial score (nSPS) is 14.2. The molecule has 0 saturated carbocycles. The molecule has 1 unspecified atom stereocenters. The van der Waals surface area contributed by atoms with Gasteiger partial charge in [-0.2, -0.15) is 0 Å². The van der Waals surface area contributed by atoms with Crippen LogP contribution in [0, 0.1) is 0 Å². The predicted octanol–water partition coefficient (Wildman–Crippen LogP) is 12.4. The lowest BCUT2D eigenvalue weighted by Gasteiger charge is -2.20. The minimum Gasteiger partial charge on any atom is -0.498 e. The third-order valence-corrected chi connectivity index (χ3v) is 10.4. The van der Waals surface area contributed by atoms with E-state index in [2.05, 4.69) is 38.2 Å². The first-order valence-electron chi connectivity index (χ1n) is 22.1. The Morgan fingerprint density at radius 2 is 1.00 bits per heavy atom. The van der Waals surface area contributed by atoms with E-state index >= 15 is 0 Å². The Labute approximate surface area is 336 Å². The van der Waals surface area contributed by atoms with Gasteiger partial charge in [-0.3, -0.25) is 18.6 Å². The summed E-state index contributed by atoms with van der Waals surface area (Å²) in [5, 5.41) is 8.89. The van der Waals surface area contributed by atoms with E-state index in [1.807, 2.05) is 6.08 Å². The topological polar surface area (TPSA) is 155 Å². The van der Waals surface area contributed by atoms with Crippen LogP contribution in [0.15, 0.2) is 36.6 Å². The van der Waals surface area contributed by atoms with Gasteiger partial charge in [0.1, 0.15) is 12.6 Å². The van der Waals surface area contributed by atoms with Crippen molar-refractivity contribution in [1.29, 1.82) is 0 Å². The van der Waals surface area contributed by atoms with Gasteiger partial charge in [0.2, 0.25) is 0 Å². The third-order valence-electron chi connectivity index (χ3n) is 9.49. The highest BCUT2D eigenvalue weighted by Crippen LogP contribution is 2.43. The van der Waals surface area contributed by atoms with Gasteiger partial charge < -0.3 is 25.2 Å². The molecule has 0 aliphatic heterocycles. The summed E-state index contributed by atoms with van der Waals surface area (Å²) in [6.07, 6.45) is 45.6. The van der Waals surface area contributed by atoms with Gasteiger partial charge in [0.15, 0.2) is 6.10 Å². The highest BCUT2D eigenvalue weighted by molar-refractivity contribution is 7.47. The van der Waals surface area contributed by atoms with Crippen LogP contribution in [0.1, 0.15) is 200 Å². The van der Waals surface area contributed by atoms with E-state index < -0.39 is 45.1 Å². The van der Waals surface area contributed by atoms with E-state index in [4.69, 9.17) is 29.4 Å². The van der Waals surface area contributed by atoms with Crippen LogP contribution >= 0.6 is 7.82 Å². The summed E-state index contributed by atoms with van der Waals surface area (Å²) in [5.74, 6) is -1.81. The number of rotatable bonds is 42. The van der Waals surface area contributed by atoms with E-state index in [0.717, 1.165) is 44.9 Å². The monoisotopic (exact) mass is 800 g/mol. The molecule has 322 valence electrons. The van der Waals surface area contributed by atoms with Crippen LogP contribution in [0.2, 0.25) is 0 Å². The van der Waals surface area contributed by atoms with Gasteiger partial charge in [-0.25, -0.2) is 4.57 Å². The van der Waals surface area contributed by atoms with Crippen molar-refractivity contribution in [1.82, 2.24) is 0 Å². The molecule has 0 heterocycles. The van der Waals surface area contributed by atoms with Gasteiger partial charge >= 0.3 is 19.8 Å². The molecule has 0 amide bonds. The van der Waals surface area contributed by atoms with E-state index in [9.17, 15) is 19.0 Å². The molecule has 0 radical (unpaired) electrons. The van der Waals surface area contributed by atoms with Gasteiger partial charge in [0, 0.05) is 6.42 Å². The number of phosphoric ester groups is 1. The summed E-state index contributed by atoms with van der Waals surface area (Å²) >= 11 is 0. The van der Waals surface area contributed by atoms with E-state index in [0.29, 0.717) is 6.42 Å². The van der Waals surface area contributed by atoms with Gasteiger partial charge in [-0.15, -0.1) is 0 Å². The third kappa shape index (κ3) is 40.0. The number of carboxylic acid groups (broad SMARTS) is 1. The quantitative estimate of drug-likeness (QED) is 0.0179. The Kier molecular flexibility index (Phi) is 38.8. The Balaban J connectivity index is 4.29. The highest BCUT2D eigenvalue weighted by atomic mass is 31.2. The first-order chi connectivity index (χ1) is 26.7. The van der Waals surface area contributed by atoms with E-state index in [1.165, 1.54) is 128 Å². The maximum atomic E-state index is 12.6. The number of hydrogen-bond donors (Lipinski definition) is 3. The average molecular weight is 800 g/mol. The van der Waals surface area contributed by atoms with E-state index in [-0.39, 0.29) is 13.0 Å². The number of carbonyl (C=O) groups excluding carboxylic acids is 1. The molecule has 0 saturated heterocycles. The average Bonchev–Trinajstić information content (AvgIpc) is 3.16. The van der Waals surface area contributed by atoms with Gasteiger partial charge in [-0.1, -0.05) is 167 Å². The Bertz CT molecular complexity index is 1020. The van der Waals surface area contributed by atoms with Crippen LogP contribution in [0.4, 0.5) is 0 Å². The highest BCUT2D eigenvalue weighted by Gasteiger charge is 2.27. The molecule has 0 aliphatic carbocycles. The maximum absolute atomic E-state index is 12.6. The molecule has 11 heteroatoms. The van der Waals surface area contributed by atoms with Crippen molar-refractivity contribution in [2.45, 2.75) is 212 Å². The Hall–Kier alpha value is -1.97. The second-order valence-electron chi connectivity index (χ2n) is 14.9. The molecular weight excluding hydrogens is 717 g/mol. The zero-order chi connectivity index (χ0) is 40.5. The number of allylic oxidation sites excluding steroid dienone is 5. The van der Waals surface area contributed by atoms with Crippen molar-refractivity contribution in [3.8, 4) is 0 Å². The van der Waals surface area contributed by atoms with Crippen LogP contribution < -0.4 is 5.73 Å². The molecule has 55 heavy (non-hydrogen) atoms. The zero-order valence-corrected chi connectivity index (χ0v) is 35.9. The Morgan fingerprint density at radius 1 is 0.582 bits per heavy atom. The molecule has 3 atom stereocenters. The lowest BCUT2D eigenvalue weighted by Crippen LogP contribution is -2.34. The van der Waals surface area contributed by atoms with Crippen molar-refractivity contribution in [2.24, 2.45) is 5.73 Å². The number of nitrogens with two attached hydrogens (primary N) is 1. The molecule has 4 N–H and O–H groups in total. The maximum Gasteiger partial charge on any atom is 0.472 e. The number of phosphoric acid groups is 1. The molecule has 0 aromatic heterocycles. The number of esters is 1. The van der Waals surface area contributed by atoms with Gasteiger partial charge in [0.25, 0.3) is 0 Å². The van der Waals surface area contributed by atoms with Crippen molar-refractivity contribution in [3.63, 3.8) is 0 Å². The van der Waals surface area contributed by atoms with Crippen LogP contribution in [0.3, 0.4) is 0 Å². The summed E-state index contributed by atoms with van der Waals surface area (Å²) in [5.41, 5.74) is 5.35. The molecule has 0 aromatic carbocycles. The largest absolute Gasteiger partial charge is 0.498 e. The van der Waals surface area contributed by atoms with E-state index in [1.54, 1.807) is 6.26 Å². The second kappa shape index (κ2) is 40.2. The molecule has 0 bridgehead atoms. The number of aliphatic carboxylic acids is 1. The summed E-state index contributed by atoms with van der Waals surface area (Å²) in [4.78, 5) is 33.5.